The molecule has 1 heterocycles. The van der Waals surface area contributed by atoms with Gasteiger partial charge < -0.3 is 10.1 Å². The zero-order valence-electron chi connectivity index (χ0n) is 9.41. The largest absolute Gasteiger partial charge is 0.478 e. The average molecular weight is 302 g/mol. The highest BCUT2D eigenvalue weighted by atomic mass is 79.9. The van der Waals surface area contributed by atoms with Gasteiger partial charge in [-0.1, -0.05) is 29.8 Å². The molecule has 0 fully saturated rings. The van der Waals surface area contributed by atoms with E-state index in [1.165, 1.54) is 0 Å². The van der Waals surface area contributed by atoms with Gasteiger partial charge in [-0.2, -0.15) is 0 Å². The van der Waals surface area contributed by atoms with Crippen LogP contribution in [0.25, 0.3) is 0 Å². The molecule has 1 aromatic rings. The summed E-state index contributed by atoms with van der Waals surface area (Å²) in [5, 5.41) is 9.02. The number of pyridine rings is 1. The molecule has 0 atom stereocenters. The second kappa shape index (κ2) is 5.27. The van der Waals surface area contributed by atoms with E-state index in [1.807, 2.05) is 0 Å². The lowest BCUT2D eigenvalue weighted by Gasteiger charge is -2.10. The third-order valence-electron chi connectivity index (χ3n) is 2.30. The summed E-state index contributed by atoms with van der Waals surface area (Å²) in [6, 6.07) is 1.14. The number of alkyl halides is 1. The number of carboxylic acid groups (broad SMARTS) is 1. The minimum absolute atomic E-state index is 0.0177. The summed E-state index contributed by atoms with van der Waals surface area (Å²) in [4.78, 5) is 36.6. The smallest absolute Gasteiger partial charge is 0.337 e. The van der Waals surface area contributed by atoms with Crippen molar-refractivity contribution in [2.75, 3.05) is 5.33 Å². The Hall–Kier alpha value is -1.43. The van der Waals surface area contributed by atoms with Crippen LogP contribution in [-0.2, 0) is 0 Å². The van der Waals surface area contributed by atoms with Gasteiger partial charge in [0.05, 0.1) is 16.5 Å². The first-order chi connectivity index (χ1) is 7.88. The van der Waals surface area contributed by atoms with Crippen LogP contribution in [-0.4, -0.2) is 27.2 Å². The number of aromatic nitrogens is 1. The van der Waals surface area contributed by atoms with Crippen LogP contribution in [0.4, 0.5) is 0 Å². The normalized spacial score (nSPS) is 10.6. The first-order valence-corrected chi connectivity index (χ1v) is 6.10. The molecule has 92 valence electrons. The molecule has 0 unspecified atom stereocenters. The van der Waals surface area contributed by atoms with Gasteiger partial charge in [0.15, 0.2) is 5.78 Å². The van der Waals surface area contributed by atoms with Crippen LogP contribution < -0.4 is 5.56 Å². The van der Waals surface area contributed by atoms with E-state index >= 15 is 0 Å². The van der Waals surface area contributed by atoms with Crippen LogP contribution >= 0.6 is 15.9 Å². The summed E-state index contributed by atoms with van der Waals surface area (Å²) in [5.41, 5.74) is -0.399. The van der Waals surface area contributed by atoms with E-state index in [-0.39, 0.29) is 22.4 Å². The fraction of sp³-hybridized carbons (Fsp3) is 0.364. The van der Waals surface area contributed by atoms with Crippen molar-refractivity contribution in [3.05, 3.63) is 33.2 Å². The highest BCUT2D eigenvalue weighted by molar-refractivity contribution is 9.09. The van der Waals surface area contributed by atoms with Gasteiger partial charge >= 0.3 is 5.97 Å². The fourth-order valence-electron chi connectivity index (χ4n) is 1.46. The van der Waals surface area contributed by atoms with Gasteiger partial charge in [-0.25, -0.2) is 4.79 Å². The number of carbonyl (C=O) groups is 2. The number of carbonyl (C=O) groups excluding carboxylic acids is 1. The van der Waals surface area contributed by atoms with E-state index in [1.54, 1.807) is 13.8 Å². The molecule has 17 heavy (non-hydrogen) atoms. The van der Waals surface area contributed by atoms with Crippen LogP contribution in [0, 0.1) is 0 Å². The van der Waals surface area contributed by atoms with E-state index < -0.39 is 17.3 Å². The number of H-pyrrole nitrogens is 1. The number of aromatic carboxylic acids is 1. The van der Waals surface area contributed by atoms with Gasteiger partial charge in [0, 0.05) is 5.69 Å². The van der Waals surface area contributed by atoms with Crippen molar-refractivity contribution >= 4 is 27.7 Å². The van der Waals surface area contributed by atoms with Gasteiger partial charge in [0.1, 0.15) is 0 Å². The Balaban J connectivity index is 3.51. The van der Waals surface area contributed by atoms with Crippen molar-refractivity contribution in [1.29, 1.82) is 0 Å². The van der Waals surface area contributed by atoms with Crippen LogP contribution in [0.3, 0.4) is 0 Å². The van der Waals surface area contributed by atoms with Gasteiger partial charge in [-0.05, 0) is 12.0 Å². The molecular weight excluding hydrogens is 290 g/mol. The predicted molar refractivity (Wildman–Crippen MR) is 66.2 cm³/mol. The lowest BCUT2D eigenvalue weighted by Crippen LogP contribution is -2.23. The summed E-state index contributed by atoms with van der Waals surface area (Å²) < 4.78 is 0. The van der Waals surface area contributed by atoms with Crippen LogP contribution in [0.1, 0.15) is 46.2 Å². The Labute approximate surface area is 106 Å². The standard InChI is InChI=1S/C11H12BrNO4/c1-5(2)9-7(11(16)17)3-6(8(14)4-12)10(15)13-9/h3,5H,4H2,1-2H3,(H,13,15)(H,16,17). The van der Waals surface area contributed by atoms with Crippen LogP contribution in [0.15, 0.2) is 10.9 Å². The quantitative estimate of drug-likeness (QED) is 0.655. The van der Waals surface area contributed by atoms with E-state index in [2.05, 4.69) is 20.9 Å². The summed E-state index contributed by atoms with van der Waals surface area (Å²) >= 11 is 2.94. The van der Waals surface area contributed by atoms with Gasteiger partial charge in [-0.3, -0.25) is 9.59 Å². The third-order valence-corrected chi connectivity index (χ3v) is 2.81. The molecule has 6 heteroatoms. The number of halogens is 1. The van der Waals surface area contributed by atoms with E-state index in [9.17, 15) is 14.4 Å². The van der Waals surface area contributed by atoms with Crippen molar-refractivity contribution in [3.8, 4) is 0 Å². The molecular formula is C11H12BrNO4. The highest BCUT2D eigenvalue weighted by Crippen LogP contribution is 2.16. The topological polar surface area (TPSA) is 87.2 Å². The van der Waals surface area contributed by atoms with Gasteiger partial charge in [0.2, 0.25) is 0 Å². The molecule has 1 aromatic heterocycles. The number of carboxylic acids is 1. The van der Waals surface area contributed by atoms with Crippen LogP contribution in [0.5, 0.6) is 0 Å². The van der Waals surface area contributed by atoms with Crippen molar-refractivity contribution < 1.29 is 14.7 Å². The molecule has 1 rings (SSSR count). The van der Waals surface area contributed by atoms with Gasteiger partial charge in [-0.15, -0.1) is 0 Å². The fourth-order valence-corrected chi connectivity index (χ4v) is 1.76. The summed E-state index contributed by atoms with van der Waals surface area (Å²) in [5.74, 6) is -1.74. The first kappa shape index (κ1) is 13.6. The maximum absolute atomic E-state index is 11.6. The number of Topliss-reactive ketones (excluding diaryl/α,β-unsaturated/α-hetero) is 1. The SMILES string of the molecule is CC(C)c1[nH]c(=O)c(C(=O)CBr)cc1C(=O)O. The summed E-state index contributed by atoms with van der Waals surface area (Å²) in [7, 11) is 0. The Morgan fingerprint density at radius 3 is 2.41 bits per heavy atom. The zero-order valence-corrected chi connectivity index (χ0v) is 11.0. The molecule has 5 nitrogen and oxygen atoms in total. The number of ketones is 1. The Morgan fingerprint density at radius 1 is 1.41 bits per heavy atom. The predicted octanol–water partition coefficient (Wildman–Crippen LogP) is 1.77. The molecule has 0 saturated heterocycles. The third kappa shape index (κ3) is 2.82. The Morgan fingerprint density at radius 2 is 2.00 bits per heavy atom. The Bertz CT molecular complexity index is 519. The number of hydrogen-bond acceptors (Lipinski definition) is 3. The highest BCUT2D eigenvalue weighted by Gasteiger charge is 2.19. The maximum atomic E-state index is 11.6. The van der Waals surface area contributed by atoms with Crippen molar-refractivity contribution in [2.24, 2.45) is 0 Å². The van der Waals surface area contributed by atoms with E-state index in [4.69, 9.17) is 5.11 Å². The number of nitrogens with one attached hydrogen (secondary N) is 1. The van der Waals surface area contributed by atoms with Gasteiger partial charge in [0.25, 0.3) is 5.56 Å². The molecule has 0 aromatic carbocycles. The monoisotopic (exact) mass is 301 g/mol. The molecule has 0 aliphatic rings. The lowest BCUT2D eigenvalue weighted by atomic mass is 10.0. The summed E-state index contributed by atoms with van der Waals surface area (Å²) in [6.45, 7) is 3.54. The lowest BCUT2D eigenvalue weighted by molar-refractivity contribution is 0.0694. The minimum atomic E-state index is -1.16. The van der Waals surface area contributed by atoms with Crippen molar-refractivity contribution in [2.45, 2.75) is 19.8 Å². The molecule has 0 spiro atoms. The average Bonchev–Trinajstić information content (AvgIpc) is 2.27. The number of rotatable bonds is 4. The first-order valence-electron chi connectivity index (χ1n) is 4.98. The van der Waals surface area contributed by atoms with E-state index in [0.717, 1.165) is 6.07 Å². The van der Waals surface area contributed by atoms with Crippen LogP contribution in [0.2, 0.25) is 0 Å². The molecule has 0 amide bonds. The Kier molecular flexibility index (Phi) is 4.22. The van der Waals surface area contributed by atoms with Crippen molar-refractivity contribution in [3.63, 3.8) is 0 Å². The molecule has 0 aliphatic carbocycles. The molecule has 0 aliphatic heterocycles. The second-order valence-corrected chi connectivity index (χ2v) is 4.42. The molecule has 0 radical (unpaired) electrons. The summed E-state index contributed by atoms with van der Waals surface area (Å²) in [6.07, 6.45) is 0. The number of hydrogen-bond donors (Lipinski definition) is 2. The maximum Gasteiger partial charge on any atom is 0.337 e. The van der Waals surface area contributed by atoms with Crippen molar-refractivity contribution in [1.82, 2.24) is 4.98 Å². The second-order valence-electron chi connectivity index (χ2n) is 3.86. The zero-order chi connectivity index (χ0) is 13.2. The molecule has 0 saturated carbocycles. The van der Waals surface area contributed by atoms with E-state index in [0.29, 0.717) is 5.69 Å². The molecule has 2 N–H and O–H groups in total. The number of aromatic amines is 1. The molecule has 0 bridgehead atoms. The minimum Gasteiger partial charge on any atom is -0.478 e.